The summed E-state index contributed by atoms with van der Waals surface area (Å²) in [4.78, 5) is 2.10. The van der Waals surface area contributed by atoms with E-state index in [0.29, 0.717) is 19.6 Å². The summed E-state index contributed by atoms with van der Waals surface area (Å²) in [6.45, 7) is 3.44. The van der Waals surface area contributed by atoms with E-state index >= 15 is 0 Å². The third-order valence-corrected chi connectivity index (χ3v) is 5.01. The Bertz CT molecular complexity index is 511. The second-order valence-electron chi connectivity index (χ2n) is 4.61. The minimum absolute atomic E-state index is 0.0866. The molecule has 0 radical (unpaired) electrons. The van der Waals surface area contributed by atoms with Crippen LogP contribution in [0.5, 0.6) is 0 Å². The summed E-state index contributed by atoms with van der Waals surface area (Å²) < 4.78 is 31.3. The zero-order valence-corrected chi connectivity index (χ0v) is 11.4. The Hall–Kier alpha value is -0.890. The van der Waals surface area contributed by atoms with Crippen LogP contribution in [0.2, 0.25) is 0 Å². The van der Waals surface area contributed by atoms with E-state index in [-0.39, 0.29) is 23.5 Å². The van der Waals surface area contributed by atoms with Crippen LogP contribution >= 0.6 is 0 Å². The van der Waals surface area contributed by atoms with E-state index < -0.39 is 10.0 Å². The van der Waals surface area contributed by atoms with Crippen molar-refractivity contribution >= 4 is 10.0 Å². The molecule has 0 bridgehead atoms. The van der Waals surface area contributed by atoms with Gasteiger partial charge in [0.05, 0.1) is 0 Å². The zero-order chi connectivity index (χ0) is 13.3. The third-order valence-electron chi connectivity index (χ3n) is 3.13. The molecule has 0 aromatic carbocycles. The van der Waals surface area contributed by atoms with Gasteiger partial charge in [0.15, 0.2) is 0 Å². The predicted octanol–water partition coefficient (Wildman–Crippen LogP) is 0.0965. The van der Waals surface area contributed by atoms with Crippen molar-refractivity contribution in [3.8, 4) is 0 Å². The molecule has 1 aromatic heterocycles. The maximum atomic E-state index is 12.4. The number of furan rings is 1. The first-order chi connectivity index (χ1) is 8.45. The van der Waals surface area contributed by atoms with Crippen molar-refractivity contribution in [3.05, 3.63) is 17.9 Å². The molecule has 0 amide bonds. The Balaban J connectivity index is 2.25. The molecule has 7 heteroatoms. The molecule has 0 saturated carbocycles. The molecule has 18 heavy (non-hydrogen) atoms. The lowest BCUT2D eigenvalue weighted by molar-refractivity contribution is 0.167. The Labute approximate surface area is 107 Å². The summed E-state index contributed by atoms with van der Waals surface area (Å²) in [6.07, 6.45) is 0. The Morgan fingerprint density at radius 3 is 2.72 bits per heavy atom. The van der Waals surface area contributed by atoms with Crippen molar-refractivity contribution in [2.75, 3.05) is 26.7 Å². The monoisotopic (exact) mass is 274 g/mol. The van der Waals surface area contributed by atoms with E-state index in [1.54, 1.807) is 0 Å². The number of rotatable bonds is 3. The second-order valence-corrected chi connectivity index (χ2v) is 6.43. The number of hydrogen-bond donors (Lipinski definition) is 1. The number of aliphatic hydroxyl groups is 1. The van der Waals surface area contributed by atoms with Gasteiger partial charge in [0, 0.05) is 25.7 Å². The van der Waals surface area contributed by atoms with Crippen molar-refractivity contribution in [1.82, 2.24) is 9.21 Å². The highest BCUT2D eigenvalue weighted by molar-refractivity contribution is 7.89. The van der Waals surface area contributed by atoms with E-state index in [9.17, 15) is 8.42 Å². The van der Waals surface area contributed by atoms with Gasteiger partial charge in [-0.1, -0.05) is 0 Å². The van der Waals surface area contributed by atoms with Crippen LogP contribution in [0.4, 0.5) is 0 Å². The molecular weight excluding hydrogens is 256 g/mol. The van der Waals surface area contributed by atoms with Gasteiger partial charge in [0.1, 0.15) is 12.4 Å². The molecule has 1 aliphatic rings. The fourth-order valence-electron chi connectivity index (χ4n) is 2.18. The van der Waals surface area contributed by atoms with Crippen LogP contribution in [-0.2, 0) is 16.6 Å². The Morgan fingerprint density at radius 2 is 2.17 bits per heavy atom. The third kappa shape index (κ3) is 2.44. The summed E-state index contributed by atoms with van der Waals surface area (Å²) in [7, 11) is -1.63. The lowest BCUT2D eigenvalue weighted by atomic mass is 10.2. The van der Waals surface area contributed by atoms with Crippen molar-refractivity contribution in [1.29, 1.82) is 0 Å². The molecule has 1 aromatic rings. The fraction of sp³-hybridized carbons (Fsp3) is 0.636. The summed E-state index contributed by atoms with van der Waals surface area (Å²) >= 11 is 0. The van der Waals surface area contributed by atoms with Crippen LogP contribution in [-0.4, -0.2) is 55.5 Å². The minimum Gasteiger partial charge on any atom is -0.446 e. The van der Waals surface area contributed by atoms with Gasteiger partial charge in [0.25, 0.3) is 10.0 Å². The van der Waals surface area contributed by atoms with Gasteiger partial charge < -0.3 is 14.4 Å². The fourth-order valence-corrected chi connectivity index (χ4v) is 3.72. The molecule has 1 N–H and O–H groups in total. The molecular formula is C11H18N2O4S. The van der Waals surface area contributed by atoms with Crippen molar-refractivity contribution in [3.63, 3.8) is 0 Å². The van der Waals surface area contributed by atoms with E-state index in [1.165, 1.54) is 16.4 Å². The number of likely N-dealkylation sites (N-methyl/N-ethyl adjacent to an activating group) is 1. The van der Waals surface area contributed by atoms with Crippen LogP contribution < -0.4 is 0 Å². The number of nitrogens with zero attached hydrogens (tertiary/aromatic N) is 2. The van der Waals surface area contributed by atoms with Gasteiger partial charge in [-0.25, -0.2) is 8.42 Å². The smallest absolute Gasteiger partial charge is 0.276 e. The first kappa shape index (κ1) is 13.5. The first-order valence-corrected chi connectivity index (χ1v) is 7.29. The number of aliphatic hydroxyl groups excluding tert-OH is 1. The molecule has 2 heterocycles. The van der Waals surface area contributed by atoms with Crippen LogP contribution in [0, 0.1) is 0 Å². The summed E-state index contributed by atoms with van der Waals surface area (Å²) in [5.74, 6) is 0.260. The average molecular weight is 274 g/mol. The van der Waals surface area contributed by atoms with E-state index in [2.05, 4.69) is 4.90 Å². The van der Waals surface area contributed by atoms with E-state index in [1.807, 2.05) is 14.0 Å². The van der Waals surface area contributed by atoms with Gasteiger partial charge in [-0.15, -0.1) is 0 Å². The molecule has 0 spiro atoms. The van der Waals surface area contributed by atoms with Gasteiger partial charge in [-0.3, -0.25) is 0 Å². The molecule has 2 rings (SSSR count). The molecule has 1 atom stereocenters. The number of piperazine rings is 1. The Kier molecular flexibility index (Phi) is 3.76. The molecule has 1 unspecified atom stereocenters. The zero-order valence-electron chi connectivity index (χ0n) is 10.5. The quantitative estimate of drug-likeness (QED) is 0.846. The van der Waals surface area contributed by atoms with Gasteiger partial charge in [-0.2, -0.15) is 4.31 Å². The molecule has 1 saturated heterocycles. The maximum absolute atomic E-state index is 12.4. The number of hydrogen-bond acceptors (Lipinski definition) is 5. The second kappa shape index (κ2) is 5.00. The molecule has 0 aliphatic carbocycles. The Morgan fingerprint density at radius 1 is 1.44 bits per heavy atom. The van der Waals surface area contributed by atoms with Crippen molar-refractivity contribution in [2.45, 2.75) is 24.7 Å². The average Bonchev–Trinajstić information content (AvgIpc) is 2.77. The first-order valence-electron chi connectivity index (χ1n) is 5.85. The maximum Gasteiger partial charge on any atom is 0.276 e. The molecule has 1 fully saturated rings. The van der Waals surface area contributed by atoms with Gasteiger partial charge in [-0.05, 0) is 26.1 Å². The molecule has 6 nitrogen and oxygen atoms in total. The summed E-state index contributed by atoms with van der Waals surface area (Å²) in [5.41, 5.74) is 0. The van der Waals surface area contributed by atoms with E-state index in [4.69, 9.17) is 9.52 Å². The van der Waals surface area contributed by atoms with Crippen LogP contribution in [0.15, 0.2) is 21.6 Å². The lowest BCUT2D eigenvalue weighted by Crippen LogP contribution is -2.52. The largest absolute Gasteiger partial charge is 0.446 e. The van der Waals surface area contributed by atoms with Crippen LogP contribution in [0.25, 0.3) is 0 Å². The highest BCUT2D eigenvalue weighted by Gasteiger charge is 2.34. The SMILES string of the molecule is CC1CN(C)CCN1S(=O)(=O)c1ccc(CO)o1. The van der Waals surface area contributed by atoms with Crippen molar-refractivity contribution < 1.29 is 17.9 Å². The van der Waals surface area contributed by atoms with Crippen LogP contribution in [0.1, 0.15) is 12.7 Å². The lowest BCUT2D eigenvalue weighted by Gasteiger charge is -2.36. The molecule has 1 aliphatic heterocycles. The minimum atomic E-state index is -3.60. The predicted molar refractivity (Wildman–Crippen MR) is 65.5 cm³/mol. The summed E-state index contributed by atoms with van der Waals surface area (Å²) in [5, 5.41) is 8.81. The van der Waals surface area contributed by atoms with Gasteiger partial charge in [0.2, 0.25) is 5.09 Å². The van der Waals surface area contributed by atoms with E-state index in [0.717, 1.165) is 0 Å². The molecule has 102 valence electrons. The topological polar surface area (TPSA) is 74.0 Å². The summed E-state index contributed by atoms with van der Waals surface area (Å²) in [6, 6.07) is 2.79. The van der Waals surface area contributed by atoms with Crippen molar-refractivity contribution in [2.24, 2.45) is 0 Å². The van der Waals surface area contributed by atoms with Gasteiger partial charge >= 0.3 is 0 Å². The number of sulfonamides is 1. The van der Waals surface area contributed by atoms with Crippen LogP contribution in [0.3, 0.4) is 0 Å². The normalized spacial score (nSPS) is 23.4. The standard InChI is InChI=1S/C11H18N2O4S/c1-9-7-12(2)5-6-13(9)18(15,16)11-4-3-10(8-14)17-11/h3-4,9,14H,5-8H2,1-2H3. The highest BCUT2D eigenvalue weighted by atomic mass is 32.2. The highest BCUT2D eigenvalue weighted by Crippen LogP contribution is 2.22.